The third kappa shape index (κ3) is 3.11. The number of rotatable bonds is 4. The number of amidine groups is 1. The molecular weight excluding hydrogens is 258 g/mol. The molecule has 2 rings (SSSR count). The first kappa shape index (κ1) is 13.5. The molecule has 1 aromatic heterocycles. The van der Waals surface area contributed by atoms with Crippen molar-refractivity contribution >= 4 is 11.8 Å². The van der Waals surface area contributed by atoms with Crippen molar-refractivity contribution in [2.45, 2.75) is 0 Å². The maximum atomic E-state index is 11.9. The zero-order chi connectivity index (χ0) is 14.4. The summed E-state index contributed by atoms with van der Waals surface area (Å²) in [5.74, 6) is -0.164. The largest absolute Gasteiger partial charge is 0.496 e. The van der Waals surface area contributed by atoms with E-state index in [1.807, 2.05) is 0 Å². The van der Waals surface area contributed by atoms with Gasteiger partial charge in [0, 0.05) is 18.0 Å². The van der Waals surface area contributed by atoms with Crippen molar-refractivity contribution < 1.29 is 14.4 Å². The molecule has 0 radical (unpaired) electrons. The molecule has 102 valence electrons. The Labute approximate surface area is 115 Å². The number of oxime groups is 1. The van der Waals surface area contributed by atoms with Crippen molar-refractivity contribution in [2.75, 3.05) is 7.11 Å². The Bertz CT molecular complexity index is 627. The molecule has 0 bridgehead atoms. The third-order valence-corrected chi connectivity index (χ3v) is 2.51. The van der Waals surface area contributed by atoms with Crippen LogP contribution in [0.2, 0.25) is 0 Å². The quantitative estimate of drug-likeness (QED) is 0.395. The lowest BCUT2D eigenvalue weighted by Crippen LogP contribution is -2.15. The summed E-state index contributed by atoms with van der Waals surface area (Å²) in [5, 5.41) is 3.60. The molecule has 1 aromatic carbocycles. The zero-order valence-corrected chi connectivity index (χ0v) is 10.8. The van der Waals surface area contributed by atoms with E-state index >= 15 is 0 Å². The molecule has 0 saturated carbocycles. The summed E-state index contributed by atoms with van der Waals surface area (Å²) >= 11 is 0. The summed E-state index contributed by atoms with van der Waals surface area (Å²) < 4.78 is 5.07. The molecule has 20 heavy (non-hydrogen) atoms. The molecule has 0 aliphatic heterocycles. The number of pyridine rings is 1. The number of hydrogen-bond donors (Lipinski definition) is 1. The van der Waals surface area contributed by atoms with Crippen LogP contribution < -0.4 is 10.5 Å². The molecule has 0 saturated heterocycles. The first-order chi connectivity index (χ1) is 9.72. The Hall–Kier alpha value is -2.89. The van der Waals surface area contributed by atoms with E-state index in [4.69, 9.17) is 15.3 Å². The minimum atomic E-state index is -0.644. The van der Waals surface area contributed by atoms with Gasteiger partial charge < -0.3 is 15.3 Å². The van der Waals surface area contributed by atoms with E-state index in [-0.39, 0.29) is 11.4 Å². The van der Waals surface area contributed by atoms with Gasteiger partial charge in [0.05, 0.1) is 7.11 Å². The van der Waals surface area contributed by atoms with E-state index in [1.165, 1.54) is 13.3 Å². The maximum Gasteiger partial charge on any atom is 0.369 e. The van der Waals surface area contributed by atoms with Gasteiger partial charge in [0.2, 0.25) is 0 Å². The van der Waals surface area contributed by atoms with Crippen LogP contribution >= 0.6 is 0 Å². The second kappa shape index (κ2) is 6.33. The molecule has 1 heterocycles. The Morgan fingerprint density at radius 1 is 1.25 bits per heavy atom. The van der Waals surface area contributed by atoms with Crippen molar-refractivity contribution in [2.24, 2.45) is 10.9 Å². The second-order valence-electron chi connectivity index (χ2n) is 3.80. The SMILES string of the molecule is COc1ccccc1C(=O)O/N=C(/N)c1cccnc1. The number of carbonyl (C=O) groups excluding carboxylic acids is 1. The van der Waals surface area contributed by atoms with Crippen molar-refractivity contribution in [3.8, 4) is 5.75 Å². The normalized spacial score (nSPS) is 10.9. The lowest BCUT2D eigenvalue weighted by atomic mass is 10.2. The fourth-order valence-corrected chi connectivity index (χ4v) is 1.52. The Morgan fingerprint density at radius 2 is 2.05 bits per heavy atom. The molecule has 0 amide bonds. The fourth-order valence-electron chi connectivity index (χ4n) is 1.52. The van der Waals surface area contributed by atoms with Crippen molar-refractivity contribution in [3.63, 3.8) is 0 Å². The molecule has 0 atom stereocenters. The topological polar surface area (TPSA) is 86.8 Å². The maximum absolute atomic E-state index is 11.9. The van der Waals surface area contributed by atoms with Gasteiger partial charge in [-0.2, -0.15) is 0 Å². The highest BCUT2D eigenvalue weighted by Gasteiger charge is 2.13. The van der Waals surface area contributed by atoms with Crippen LogP contribution in [-0.4, -0.2) is 23.9 Å². The van der Waals surface area contributed by atoms with Crippen molar-refractivity contribution in [3.05, 3.63) is 59.9 Å². The summed E-state index contributed by atoms with van der Waals surface area (Å²) in [6.07, 6.45) is 3.13. The van der Waals surface area contributed by atoms with Gasteiger partial charge >= 0.3 is 5.97 Å². The number of nitrogens with two attached hydrogens (primary N) is 1. The highest BCUT2D eigenvalue weighted by Crippen LogP contribution is 2.18. The molecule has 2 N–H and O–H groups in total. The van der Waals surface area contributed by atoms with E-state index in [0.29, 0.717) is 11.3 Å². The number of ether oxygens (including phenoxy) is 1. The number of nitrogens with zero attached hydrogens (tertiary/aromatic N) is 2. The van der Waals surface area contributed by atoms with E-state index in [1.54, 1.807) is 42.6 Å². The summed E-state index contributed by atoms with van der Waals surface area (Å²) in [4.78, 5) is 20.6. The fraction of sp³-hybridized carbons (Fsp3) is 0.0714. The standard InChI is InChI=1S/C14H13N3O3/c1-19-12-7-3-2-6-11(12)14(18)20-17-13(15)10-5-4-8-16-9-10/h2-9H,1H3,(H2,15,17). The van der Waals surface area contributed by atoms with E-state index in [2.05, 4.69) is 10.1 Å². The van der Waals surface area contributed by atoms with E-state index in [0.717, 1.165) is 0 Å². The lowest BCUT2D eigenvalue weighted by molar-refractivity contribution is 0.0512. The smallest absolute Gasteiger partial charge is 0.369 e. The lowest BCUT2D eigenvalue weighted by Gasteiger charge is -2.05. The summed E-state index contributed by atoms with van der Waals surface area (Å²) in [6.45, 7) is 0. The van der Waals surface area contributed by atoms with Crippen molar-refractivity contribution in [1.82, 2.24) is 4.98 Å². The molecule has 0 unspecified atom stereocenters. The average molecular weight is 271 g/mol. The van der Waals surface area contributed by atoms with Gasteiger partial charge in [-0.25, -0.2) is 4.79 Å². The van der Waals surface area contributed by atoms with Gasteiger partial charge in [0.25, 0.3) is 0 Å². The van der Waals surface area contributed by atoms with Crippen LogP contribution in [0, 0.1) is 0 Å². The van der Waals surface area contributed by atoms with Crippen molar-refractivity contribution in [1.29, 1.82) is 0 Å². The molecular formula is C14H13N3O3. The minimum Gasteiger partial charge on any atom is -0.496 e. The highest BCUT2D eigenvalue weighted by molar-refractivity contribution is 5.98. The number of methoxy groups -OCH3 is 1. The van der Waals surface area contributed by atoms with Gasteiger partial charge in [-0.3, -0.25) is 4.98 Å². The Balaban J connectivity index is 2.12. The highest BCUT2D eigenvalue weighted by atomic mass is 16.7. The van der Waals surface area contributed by atoms with Gasteiger partial charge in [-0.15, -0.1) is 0 Å². The molecule has 0 spiro atoms. The second-order valence-corrected chi connectivity index (χ2v) is 3.80. The first-order valence-corrected chi connectivity index (χ1v) is 5.80. The van der Waals surface area contributed by atoms with Crippen LogP contribution in [0.3, 0.4) is 0 Å². The van der Waals surface area contributed by atoms with Gasteiger partial charge in [-0.1, -0.05) is 17.3 Å². The average Bonchev–Trinajstić information content (AvgIpc) is 2.53. The van der Waals surface area contributed by atoms with Crippen LogP contribution in [0.4, 0.5) is 0 Å². The van der Waals surface area contributed by atoms with E-state index < -0.39 is 5.97 Å². The van der Waals surface area contributed by atoms with Crippen LogP contribution in [0.15, 0.2) is 53.9 Å². The molecule has 0 aliphatic carbocycles. The summed E-state index contributed by atoms with van der Waals surface area (Å²) in [7, 11) is 1.47. The minimum absolute atomic E-state index is 0.0707. The summed E-state index contributed by atoms with van der Waals surface area (Å²) in [5.41, 5.74) is 6.54. The molecule has 0 fully saturated rings. The van der Waals surface area contributed by atoms with Gasteiger partial charge in [0.15, 0.2) is 5.84 Å². The number of benzene rings is 1. The van der Waals surface area contributed by atoms with Crippen LogP contribution in [0.1, 0.15) is 15.9 Å². The predicted molar refractivity (Wildman–Crippen MR) is 73.4 cm³/mol. The Morgan fingerprint density at radius 3 is 2.75 bits per heavy atom. The molecule has 6 heteroatoms. The number of carbonyl (C=O) groups is 1. The summed E-state index contributed by atoms with van der Waals surface area (Å²) in [6, 6.07) is 10.1. The van der Waals surface area contributed by atoms with Gasteiger partial charge in [0.1, 0.15) is 11.3 Å². The number of para-hydroxylation sites is 1. The third-order valence-electron chi connectivity index (χ3n) is 2.51. The predicted octanol–water partition coefficient (Wildman–Crippen LogP) is 1.57. The van der Waals surface area contributed by atoms with Crippen LogP contribution in [-0.2, 0) is 4.84 Å². The molecule has 0 aliphatic rings. The number of aromatic nitrogens is 1. The van der Waals surface area contributed by atoms with Gasteiger partial charge in [-0.05, 0) is 24.3 Å². The van der Waals surface area contributed by atoms with E-state index in [9.17, 15) is 4.79 Å². The molecule has 6 nitrogen and oxygen atoms in total. The first-order valence-electron chi connectivity index (χ1n) is 5.80. The van der Waals surface area contributed by atoms with Crippen LogP contribution in [0.25, 0.3) is 0 Å². The monoisotopic (exact) mass is 271 g/mol. The van der Waals surface area contributed by atoms with Crippen LogP contribution in [0.5, 0.6) is 5.75 Å². The Kier molecular flexibility index (Phi) is 4.28. The zero-order valence-electron chi connectivity index (χ0n) is 10.8. The number of hydrogen-bond acceptors (Lipinski definition) is 5. The molecule has 2 aromatic rings.